The smallest absolute Gasteiger partial charge is 0.315 e. The molecule has 0 bridgehead atoms. The van der Waals surface area contributed by atoms with Gasteiger partial charge in [-0.2, -0.15) is 0 Å². The van der Waals surface area contributed by atoms with E-state index in [1.54, 1.807) is 0 Å². The summed E-state index contributed by atoms with van der Waals surface area (Å²) in [6.45, 7) is 7.68. The first kappa shape index (κ1) is 13.7. The molecule has 3 heteroatoms. The lowest BCUT2D eigenvalue weighted by Gasteiger charge is -2.23. The number of para-hydroxylation sites is 1. The molecule has 3 nitrogen and oxygen atoms in total. The SMILES string of the molecule is CCC(C(=O)OC(C)(C)C)c1cc2ccccc2[nH]1. The molecular weight excluding hydrogens is 238 g/mol. The number of ether oxygens (including phenoxy) is 1. The topological polar surface area (TPSA) is 42.1 Å². The highest BCUT2D eigenvalue weighted by atomic mass is 16.6. The van der Waals surface area contributed by atoms with Gasteiger partial charge in [0.15, 0.2) is 0 Å². The number of hydrogen-bond acceptors (Lipinski definition) is 2. The van der Waals surface area contributed by atoms with Crippen molar-refractivity contribution in [3.05, 3.63) is 36.0 Å². The number of aromatic nitrogens is 1. The fraction of sp³-hybridized carbons (Fsp3) is 0.438. The van der Waals surface area contributed by atoms with E-state index in [-0.39, 0.29) is 11.9 Å². The Morgan fingerprint density at radius 1 is 1.32 bits per heavy atom. The number of rotatable bonds is 3. The summed E-state index contributed by atoms with van der Waals surface area (Å²) in [5.74, 6) is -0.395. The van der Waals surface area contributed by atoms with Crippen LogP contribution in [0.3, 0.4) is 0 Å². The Balaban J connectivity index is 2.28. The van der Waals surface area contributed by atoms with Crippen LogP contribution in [0.5, 0.6) is 0 Å². The Hall–Kier alpha value is -1.77. The zero-order valence-corrected chi connectivity index (χ0v) is 12.0. The highest BCUT2D eigenvalue weighted by Gasteiger charge is 2.26. The van der Waals surface area contributed by atoms with E-state index in [4.69, 9.17) is 4.74 Å². The summed E-state index contributed by atoms with van der Waals surface area (Å²) in [4.78, 5) is 15.5. The van der Waals surface area contributed by atoms with Gasteiger partial charge in [-0.15, -0.1) is 0 Å². The van der Waals surface area contributed by atoms with Crippen LogP contribution in [0.25, 0.3) is 10.9 Å². The molecule has 1 atom stereocenters. The highest BCUT2D eigenvalue weighted by molar-refractivity contribution is 5.84. The van der Waals surface area contributed by atoms with E-state index in [0.717, 1.165) is 23.0 Å². The lowest BCUT2D eigenvalue weighted by Crippen LogP contribution is -2.27. The number of nitrogens with one attached hydrogen (secondary N) is 1. The number of carbonyl (C=O) groups excluding carboxylic acids is 1. The maximum absolute atomic E-state index is 12.2. The average Bonchev–Trinajstić information content (AvgIpc) is 2.70. The molecule has 0 aliphatic rings. The molecule has 2 rings (SSSR count). The molecule has 0 fully saturated rings. The monoisotopic (exact) mass is 259 g/mol. The van der Waals surface area contributed by atoms with Gasteiger partial charge in [-0.05, 0) is 44.7 Å². The maximum Gasteiger partial charge on any atom is 0.315 e. The number of hydrogen-bond donors (Lipinski definition) is 1. The lowest BCUT2D eigenvalue weighted by atomic mass is 10.0. The largest absolute Gasteiger partial charge is 0.459 e. The van der Waals surface area contributed by atoms with Crippen molar-refractivity contribution in [2.75, 3.05) is 0 Å². The maximum atomic E-state index is 12.2. The summed E-state index contributed by atoms with van der Waals surface area (Å²) in [6.07, 6.45) is 0.724. The van der Waals surface area contributed by atoms with E-state index in [9.17, 15) is 4.79 Å². The predicted molar refractivity (Wildman–Crippen MR) is 77.2 cm³/mol. The summed E-state index contributed by atoms with van der Waals surface area (Å²) in [5.41, 5.74) is 1.54. The van der Waals surface area contributed by atoms with Crippen molar-refractivity contribution in [2.24, 2.45) is 0 Å². The molecule has 0 saturated carbocycles. The van der Waals surface area contributed by atoms with Crippen LogP contribution in [-0.4, -0.2) is 16.6 Å². The fourth-order valence-electron chi connectivity index (χ4n) is 2.17. The van der Waals surface area contributed by atoms with Gasteiger partial charge >= 0.3 is 5.97 Å². The Kier molecular flexibility index (Phi) is 3.65. The van der Waals surface area contributed by atoms with Gasteiger partial charge in [0, 0.05) is 11.2 Å². The summed E-state index contributed by atoms with van der Waals surface area (Å²) < 4.78 is 5.48. The number of benzene rings is 1. The number of H-pyrrole nitrogens is 1. The Bertz CT molecular complexity index is 545. The van der Waals surface area contributed by atoms with E-state index in [0.29, 0.717) is 0 Å². The minimum atomic E-state index is -0.448. The first-order valence-electron chi connectivity index (χ1n) is 6.71. The predicted octanol–water partition coefficient (Wildman–Crippen LogP) is 4.00. The molecule has 0 spiro atoms. The standard InChI is InChI=1S/C16H21NO2/c1-5-12(15(18)19-16(2,3)4)14-10-11-8-6-7-9-13(11)17-14/h6-10,12,17H,5H2,1-4H3. The molecule has 102 valence electrons. The zero-order chi connectivity index (χ0) is 14.0. The van der Waals surface area contributed by atoms with Crippen LogP contribution in [-0.2, 0) is 9.53 Å². The molecule has 19 heavy (non-hydrogen) atoms. The zero-order valence-electron chi connectivity index (χ0n) is 12.0. The molecule has 0 aliphatic heterocycles. The molecule has 0 amide bonds. The third-order valence-corrected chi connectivity index (χ3v) is 3.03. The molecule has 0 radical (unpaired) electrons. The number of fused-ring (bicyclic) bond motifs is 1. The Labute approximate surface area is 114 Å². The van der Waals surface area contributed by atoms with Crippen molar-refractivity contribution in [3.63, 3.8) is 0 Å². The van der Waals surface area contributed by atoms with Crippen molar-refractivity contribution in [3.8, 4) is 0 Å². The minimum Gasteiger partial charge on any atom is -0.459 e. The molecule has 1 N–H and O–H groups in total. The molecule has 1 aromatic carbocycles. The first-order chi connectivity index (χ1) is 8.90. The van der Waals surface area contributed by atoms with E-state index in [1.165, 1.54) is 0 Å². The van der Waals surface area contributed by atoms with Gasteiger partial charge in [0.05, 0.1) is 5.92 Å². The Morgan fingerprint density at radius 2 is 2.00 bits per heavy atom. The van der Waals surface area contributed by atoms with Gasteiger partial charge in [0.2, 0.25) is 0 Å². The van der Waals surface area contributed by atoms with Gasteiger partial charge in [-0.25, -0.2) is 0 Å². The van der Waals surface area contributed by atoms with Gasteiger partial charge in [-0.3, -0.25) is 4.79 Å². The van der Waals surface area contributed by atoms with Crippen molar-refractivity contribution in [1.82, 2.24) is 4.98 Å². The third kappa shape index (κ3) is 3.16. The molecule has 1 aromatic heterocycles. The second kappa shape index (κ2) is 5.08. The van der Waals surface area contributed by atoms with Gasteiger partial charge < -0.3 is 9.72 Å². The second-order valence-electron chi connectivity index (χ2n) is 5.81. The van der Waals surface area contributed by atoms with Crippen LogP contribution in [0.15, 0.2) is 30.3 Å². The number of aromatic amines is 1. The van der Waals surface area contributed by atoms with Gasteiger partial charge in [-0.1, -0.05) is 25.1 Å². The van der Waals surface area contributed by atoms with Crippen molar-refractivity contribution in [1.29, 1.82) is 0 Å². The van der Waals surface area contributed by atoms with Crippen LogP contribution in [0.1, 0.15) is 45.7 Å². The number of carbonyl (C=O) groups is 1. The second-order valence-corrected chi connectivity index (χ2v) is 5.81. The van der Waals surface area contributed by atoms with Crippen LogP contribution >= 0.6 is 0 Å². The highest BCUT2D eigenvalue weighted by Crippen LogP contribution is 2.26. The van der Waals surface area contributed by atoms with E-state index in [2.05, 4.69) is 4.98 Å². The van der Waals surface area contributed by atoms with Crippen molar-refractivity contribution < 1.29 is 9.53 Å². The van der Waals surface area contributed by atoms with Crippen LogP contribution in [0.4, 0.5) is 0 Å². The molecule has 1 unspecified atom stereocenters. The normalized spacial score (nSPS) is 13.5. The molecule has 0 saturated heterocycles. The minimum absolute atomic E-state index is 0.165. The average molecular weight is 259 g/mol. The molecule has 0 aliphatic carbocycles. The lowest BCUT2D eigenvalue weighted by molar-refractivity contribution is -0.156. The van der Waals surface area contributed by atoms with Crippen LogP contribution < -0.4 is 0 Å². The summed E-state index contributed by atoms with van der Waals surface area (Å²) in [7, 11) is 0. The van der Waals surface area contributed by atoms with Crippen LogP contribution in [0.2, 0.25) is 0 Å². The van der Waals surface area contributed by atoms with Crippen molar-refractivity contribution in [2.45, 2.75) is 45.6 Å². The van der Waals surface area contributed by atoms with Crippen LogP contribution in [0, 0.1) is 0 Å². The quantitative estimate of drug-likeness (QED) is 0.846. The Morgan fingerprint density at radius 3 is 2.58 bits per heavy atom. The van der Waals surface area contributed by atoms with E-state index >= 15 is 0 Å². The van der Waals surface area contributed by atoms with Crippen molar-refractivity contribution >= 4 is 16.9 Å². The van der Waals surface area contributed by atoms with Gasteiger partial charge in [0.25, 0.3) is 0 Å². The first-order valence-corrected chi connectivity index (χ1v) is 6.71. The molecule has 1 heterocycles. The number of esters is 1. The third-order valence-electron chi connectivity index (χ3n) is 3.03. The van der Waals surface area contributed by atoms with Gasteiger partial charge in [0.1, 0.15) is 5.60 Å². The van der Waals surface area contributed by atoms with E-state index < -0.39 is 5.60 Å². The summed E-state index contributed by atoms with van der Waals surface area (Å²) in [6, 6.07) is 10.1. The van der Waals surface area contributed by atoms with E-state index in [1.807, 2.05) is 58.0 Å². The fourth-order valence-corrected chi connectivity index (χ4v) is 2.17. The summed E-state index contributed by atoms with van der Waals surface area (Å²) in [5, 5.41) is 1.12. The molecule has 2 aromatic rings. The summed E-state index contributed by atoms with van der Waals surface area (Å²) >= 11 is 0. The molecular formula is C16H21NO2.